The van der Waals surface area contributed by atoms with Crippen LogP contribution >= 0.6 is 0 Å². The molecule has 50 heavy (non-hydrogen) atoms. The van der Waals surface area contributed by atoms with Gasteiger partial charge in [-0.15, -0.1) is 0 Å². The molecule has 0 fully saturated rings. The summed E-state index contributed by atoms with van der Waals surface area (Å²) in [7, 11) is 0. The SMILES string of the molecule is c1ccc(-c2cc(-c3ccccc3)nc(-c3cccc(N4c5ccccc5-c5cc6ccccc6cc5-n5c4cc4ccccc45)c3)n2)cc1. The van der Waals surface area contributed by atoms with E-state index < -0.39 is 0 Å². The second kappa shape index (κ2) is 11.4. The third kappa shape index (κ3) is 4.61. The molecule has 0 saturated heterocycles. The molecule has 0 bridgehead atoms. The largest absolute Gasteiger partial charge is 0.295 e. The smallest absolute Gasteiger partial charge is 0.160 e. The van der Waals surface area contributed by atoms with Crippen LogP contribution in [0.4, 0.5) is 17.2 Å². The summed E-state index contributed by atoms with van der Waals surface area (Å²) in [4.78, 5) is 12.7. The van der Waals surface area contributed by atoms with Gasteiger partial charge in [0.05, 0.1) is 28.3 Å². The number of hydrogen-bond donors (Lipinski definition) is 0. The standard InChI is InChI=1S/C46H30N4/c1-3-14-31(15-4-1)40-30-41(32-16-5-2-6-17-32)48-46(47-40)36-21-13-22-37(26-36)49-43-25-12-10-23-38(43)39-27-33-18-7-8-19-34(33)28-44(39)50-42-24-11-9-20-35(42)29-45(49)50/h1-30H. The Morgan fingerprint density at radius 2 is 0.980 bits per heavy atom. The average molecular weight is 639 g/mol. The zero-order valence-electron chi connectivity index (χ0n) is 27.1. The average Bonchev–Trinajstić information content (AvgIpc) is 3.52. The normalized spacial score (nSPS) is 12.0. The lowest BCUT2D eigenvalue weighted by Crippen LogP contribution is -2.13. The summed E-state index contributed by atoms with van der Waals surface area (Å²) in [5, 5.41) is 3.63. The van der Waals surface area contributed by atoms with Crippen LogP contribution in [0.2, 0.25) is 0 Å². The van der Waals surface area contributed by atoms with E-state index in [0.717, 1.165) is 51.0 Å². The minimum atomic E-state index is 0.685. The zero-order valence-corrected chi connectivity index (χ0v) is 27.1. The molecule has 10 rings (SSSR count). The number of rotatable bonds is 4. The van der Waals surface area contributed by atoms with E-state index in [0.29, 0.717) is 5.82 Å². The van der Waals surface area contributed by atoms with Crippen molar-refractivity contribution >= 4 is 38.9 Å². The molecule has 7 aromatic carbocycles. The molecule has 2 aromatic heterocycles. The maximum atomic E-state index is 5.16. The molecule has 1 aliphatic rings. The molecule has 1 aliphatic heterocycles. The first-order valence-electron chi connectivity index (χ1n) is 16.9. The number of benzene rings is 7. The van der Waals surface area contributed by atoms with Crippen LogP contribution in [0.5, 0.6) is 0 Å². The van der Waals surface area contributed by atoms with Crippen LogP contribution in [-0.2, 0) is 0 Å². The van der Waals surface area contributed by atoms with Crippen molar-refractivity contribution in [2.45, 2.75) is 0 Å². The number of aromatic nitrogens is 3. The first-order valence-corrected chi connectivity index (χ1v) is 16.9. The van der Waals surface area contributed by atoms with E-state index in [2.05, 4.69) is 179 Å². The molecule has 234 valence electrons. The van der Waals surface area contributed by atoms with E-state index in [-0.39, 0.29) is 0 Å². The number of fused-ring (bicyclic) bond motifs is 8. The van der Waals surface area contributed by atoms with E-state index in [1.165, 1.54) is 32.8 Å². The van der Waals surface area contributed by atoms with Crippen molar-refractivity contribution in [2.75, 3.05) is 4.90 Å². The van der Waals surface area contributed by atoms with Crippen LogP contribution in [0.3, 0.4) is 0 Å². The third-order valence-corrected chi connectivity index (χ3v) is 9.69. The highest BCUT2D eigenvalue weighted by Gasteiger charge is 2.28. The Morgan fingerprint density at radius 1 is 0.380 bits per heavy atom. The fraction of sp³-hybridized carbons (Fsp3) is 0. The molecule has 4 nitrogen and oxygen atoms in total. The van der Waals surface area contributed by atoms with Crippen molar-refractivity contribution in [1.82, 2.24) is 14.5 Å². The Hall–Kier alpha value is -6.78. The third-order valence-electron chi connectivity index (χ3n) is 9.69. The van der Waals surface area contributed by atoms with Crippen LogP contribution in [0.15, 0.2) is 182 Å². The van der Waals surface area contributed by atoms with Crippen molar-refractivity contribution in [2.24, 2.45) is 0 Å². The minimum Gasteiger partial charge on any atom is -0.295 e. The van der Waals surface area contributed by atoms with Crippen molar-refractivity contribution < 1.29 is 0 Å². The van der Waals surface area contributed by atoms with Gasteiger partial charge in [0.1, 0.15) is 5.82 Å². The lowest BCUT2D eigenvalue weighted by Gasteiger charge is -2.26. The summed E-state index contributed by atoms with van der Waals surface area (Å²) in [5.41, 5.74) is 11.7. The maximum absolute atomic E-state index is 5.16. The first-order chi connectivity index (χ1) is 24.8. The van der Waals surface area contributed by atoms with Gasteiger partial charge in [0.25, 0.3) is 0 Å². The van der Waals surface area contributed by atoms with Gasteiger partial charge < -0.3 is 0 Å². The van der Waals surface area contributed by atoms with E-state index in [1.54, 1.807) is 0 Å². The molecule has 4 heteroatoms. The minimum absolute atomic E-state index is 0.685. The highest BCUT2D eigenvalue weighted by atomic mass is 15.3. The van der Waals surface area contributed by atoms with E-state index in [4.69, 9.17) is 9.97 Å². The molecular formula is C46H30N4. The Morgan fingerprint density at radius 3 is 1.72 bits per heavy atom. The van der Waals surface area contributed by atoms with Crippen molar-refractivity contribution in [3.8, 4) is 50.7 Å². The van der Waals surface area contributed by atoms with Gasteiger partial charge >= 0.3 is 0 Å². The summed E-state index contributed by atoms with van der Waals surface area (Å²) in [6, 6.07) is 64.4. The van der Waals surface area contributed by atoms with Gasteiger partial charge in [0.15, 0.2) is 5.82 Å². The highest BCUT2D eigenvalue weighted by molar-refractivity contribution is 6.03. The van der Waals surface area contributed by atoms with Gasteiger partial charge in [-0.3, -0.25) is 9.47 Å². The fourth-order valence-corrected chi connectivity index (χ4v) is 7.35. The molecule has 0 N–H and O–H groups in total. The zero-order chi connectivity index (χ0) is 33.0. The highest BCUT2D eigenvalue weighted by Crippen LogP contribution is 2.49. The number of anilines is 3. The van der Waals surface area contributed by atoms with Crippen LogP contribution < -0.4 is 4.90 Å². The molecule has 3 heterocycles. The topological polar surface area (TPSA) is 34.0 Å². The summed E-state index contributed by atoms with van der Waals surface area (Å²) in [5.74, 6) is 1.76. The molecule has 0 atom stereocenters. The lowest BCUT2D eigenvalue weighted by molar-refractivity contribution is 1.09. The lowest BCUT2D eigenvalue weighted by atomic mass is 9.97. The molecule has 0 radical (unpaired) electrons. The fourth-order valence-electron chi connectivity index (χ4n) is 7.35. The van der Waals surface area contributed by atoms with Gasteiger partial charge in [0.2, 0.25) is 0 Å². The molecular weight excluding hydrogens is 609 g/mol. The summed E-state index contributed by atoms with van der Waals surface area (Å²) < 4.78 is 2.42. The predicted octanol–water partition coefficient (Wildman–Crippen LogP) is 12.0. The van der Waals surface area contributed by atoms with Crippen molar-refractivity contribution in [3.05, 3.63) is 182 Å². The van der Waals surface area contributed by atoms with Crippen molar-refractivity contribution in [1.29, 1.82) is 0 Å². The van der Waals surface area contributed by atoms with Crippen LogP contribution in [0.1, 0.15) is 0 Å². The summed E-state index contributed by atoms with van der Waals surface area (Å²) in [6.45, 7) is 0. The van der Waals surface area contributed by atoms with E-state index in [1.807, 2.05) is 12.1 Å². The number of para-hydroxylation sites is 2. The molecule has 0 saturated carbocycles. The Kier molecular flexibility index (Phi) is 6.46. The van der Waals surface area contributed by atoms with E-state index in [9.17, 15) is 0 Å². The predicted molar refractivity (Wildman–Crippen MR) is 206 cm³/mol. The van der Waals surface area contributed by atoms with Crippen LogP contribution in [-0.4, -0.2) is 14.5 Å². The molecule has 0 unspecified atom stereocenters. The van der Waals surface area contributed by atoms with Gasteiger partial charge in [-0.1, -0.05) is 133 Å². The summed E-state index contributed by atoms with van der Waals surface area (Å²) in [6.07, 6.45) is 0. The van der Waals surface area contributed by atoms with Gasteiger partial charge in [-0.05, 0) is 59.3 Å². The molecule has 0 spiro atoms. The van der Waals surface area contributed by atoms with Gasteiger partial charge in [-0.2, -0.15) is 0 Å². The number of nitrogens with zero attached hydrogens (tertiary/aromatic N) is 4. The number of hydrogen-bond acceptors (Lipinski definition) is 3. The van der Waals surface area contributed by atoms with E-state index >= 15 is 0 Å². The Bertz CT molecular complexity index is 2650. The second-order valence-corrected chi connectivity index (χ2v) is 12.7. The molecule has 0 aliphatic carbocycles. The van der Waals surface area contributed by atoms with Gasteiger partial charge in [0, 0.05) is 38.9 Å². The molecule has 9 aromatic rings. The Balaban J connectivity index is 1.22. The van der Waals surface area contributed by atoms with Crippen LogP contribution in [0.25, 0.3) is 72.4 Å². The first kappa shape index (κ1) is 28.3. The maximum Gasteiger partial charge on any atom is 0.160 e. The van der Waals surface area contributed by atoms with Crippen LogP contribution in [0, 0.1) is 0 Å². The second-order valence-electron chi connectivity index (χ2n) is 12.7. The Labute approximate surface area is 290 Å². The van der Waals surface area contributed by atoms with Crippen molar-refractivity contribution in [3.63, 3.8) is 0 Å². The van der Waals surface area contributed by atoms with Gasteiger partial charge in [-0.25, -0.2) is 9.97 Å². The summed E-state index contributed by atoms with van der Waals surface area (Å²) >= 11 is 0. The quantitative estimate of drug-likeness (QED) is 0.192. The monoisotopic (exact) mass is 638 g/mol. The molecule has 0 amide bonds.